The second-order valence-corrected chi connectivity index (χ2v) is 5.36. The largest absolute Gasteiger partial charge is 0.339 e. The number of carbonyl (C=O) groups excluding carboxylic acids is 1. The zero-order chi connectivity index (χ0) is 14.4. The Morgan fingerprint density at radius 2 is 2.05 bits per heavy atom. The predicted octanol–water partition coefficient (Wildman–Crippen LogP) is 3.38. The fourth-order valence-electron chi connectivity index (χ4n) is 2.08. The summed E-state index contributed by atoms with van der Waals surface area (Å²) in [6.07, 6.45) is 2.26. The summed E-state index contributed by atoms with van der Waals surface area (Å²) in [5.41, 5.74) is 6.88. The summed E-state index contributed by atoms with van der Waals surface area (Å²) in [6.45, 7) is 4.05. The Kier molecular flexibility index (Phi) is 6.32. The lowest BCUT2D eigenvalue weighted by Gasteiger charge is -2.27. The van der Waals surface area contributed by atoms with Gasteiger partial charge in [-0.25, -0.2) is 0 Å². The number of rotatable bonds is 6. The molecular formula is C15H23ClN2O. The monoisotopic (exact) mass is 282 g/mol. The Labute approximate surface area is 120 Å². The first-order valence-electron chi connectivity index (χ1n) is 6.73. The van der Waals surface area contributed by atoms with E-state index in [1.165, 1.54) is 0 Å². The highest BCUT2D eigenvalue weighted by atomic mass is 35.5. The van der Waals surface area contributed by atoms with Crippen molar-refractivity contribution in [2.45, 2.75) is 45.2 Å². The van der Waals surface area contributed by atoms with Crippen LogP contribution < -0.4 is 5.73 Å². The van der Waals surface area contributed by atoms with Crippen LogP contribution in [-0.4, -0.2) is 23.9 Å². The Balaban J connectivity index is 2.69. The van der Waals surface area contributed by atoms with Crippen LogP contribution in [-0.2, 0) is 4.79 Å². The van der Waals surface area contributed by atoms with Crippen LogP contribution in [0, 0.1) is 0 Å². The van der Waals surface area contributed by atoms with Crippen LogP contribution in [0.5, 0.6) is 0 Å². The van der Waals surface area contributed by atoms with Gasteiger partial charge in [-0.15, -0.1) is 0 Å². The van der Waals surface area contributed by atoms with Crippen molar-refractivity contribution in [1.82, 2.24) is 4.90 Å². The highest BCUT2D eigenvalue weighted by Crippen LogP contribution is 2.26. The molecule has 2 unspecified atom stereocenters. The predicted molar refractivity (Wildman–Crippen MR) is 80.1 cm³/mol. The van der Waals surface area contributed by atoms with Gasteiger partial charge in [0.1, 0.15) is 0 Å². The van der Waals surface area contributed by atoms with E-state index in [1.807, 2.05) is 31.2 Å². The van der Waals surface area contributed by atoms with Crippen LogP contribution >= 0.6 is 11.6 Å². The van der Waals surface area contributed by atoms with Gasteiger partial charge in [-0.1, -0.05) is 43.1 Å². The zero-order valence-electron chi connectivity index (χ0n) is 11.9. The first kappa shape index (κ1) is 16.0. The molecule has 3 nitrogen and oxygen atoms in total. The van der Waals surface area contributed by atoms with Crippen molar-refractivity contribution in [2.75, 3.05) is 7.05 Å². The van der Waals surface area contributed by atoms with Gasteiger partial charge in [0.25, 0.3) is 0 Å². The van der Waals surface area contributed by atoms with Crippen molar-refractivity contribution < 1.29 is 4.79 Å². The summed E-state index contributed by atoms with van der Waals surface area (Å²) in [7, 11) is 1.80. The number of amides is 1. The lowest BCUT2D eigenvalue weighted by molar-refractivity contribution is -0.132. The van der Waals surface area contributed by atoms with Gasteiger partial charge in [0.2, 0.25) is 5.91 Å². The van der Waals surface area contributed by atoms with Crippen LogP contribution in [0.25, 0.3) is 0 Å². The van der Waals surface area contributed by atoms with Gasteiger partial charge in [-0.3, -0.25) is 4.79 Å². The third kappa shape index (κ3) is 4.51. The van der Waals surface area contributed by atoms with Crippen molar-refractivity contribution >= 4 is 17.5 Å². The lowest BCUT2D eigenvalue weighted by atomic mass is 10.1. The van der Waals surface area contributed by atoms with Gasteiger partial charge >= 0.3 is 0 Å². The van der Waals surface area contributed by atoms with Crippen molar-refractivity contribution in [1.29, 1.82) is 0 Å². The van der Waals surface area contributed by atoms with Gasteiger partial charge in [-0.05, 0) is 25.0 Å². The molecule has 2 atom stereocenters. The maximum atomic E-state index is 12.2. The maximum absolute atomic E-state index is 12.2. The summed E-state index contributed by atoms with van der Waals surface area (Å²) in [4.78, 5) is 13.9. The molecule has 0 aliphatic heterocycles. The van der Waals surface area contributed by atoms with Gasteiger partial charge in [0.15, 0.2) is 0 Å². The van der Waals surface area contributed by atoms with E-state index >= 15 is 0 Å². The summed E-state index contributed by atoms with van der Waals surface area (Å²) in [6, 6.07) is 7.50. The smallest absolute Gasteiger partial charge is 0.224 e. The quantitative estimate of drug-likeness (QED) is 0.869. The van der Waals surface area contributed by atoms with Crippen molar-refractivity contribution in [3.05, 3.63) is 34.9 Å². The first-order valence-corrected chi connectivity index (χ1v) is 7.10. The summed E-state index contributed by atoms with van der Waals surface area (Å²) >= 11 is 6.16. The number of carbonyl (C=O) groups is 1. The summed E-state index contributed by atoms with van der Waals surface area (Å²) in [5, 5.41) is 0.688. The Morgan fingerprint density at radius 3 is 2.63 bits per heavy atom. The molecule has 0 aliphatic carbocycles. The second kappa shape index (κ2) is 7.51. The minimum Gasteiger partial charge on any atom is -0.339 e. The van der Waals surface area contributed by atoms with E-state index in [-0.39, 0.29) is 18.0 Å². The number of nitrogens with zero attached hydrogens (tertiary/aromatic N) is 1. The molecule has 106 valence electrons. The molecule has 0 radical (unpaired) electrons. The highest BCUT2D eigenvalue weighted by molar-refractivity contribution is 6.31. The molecule has 1 aromatic rings. The van der Waals surface area contributed by atoms with Crippen molar-refractivity contribution in [2.24, 2.45) is 5.73 Å². The van der Waals surface area contributed by atoms with E-state index in [0.29, 0.717) is 11.4 Å². The number of halogens is 1. The molecule has 0 heterocycles. The second-order valence-electron chi connectivity index (χ2n) is 4.96. The van der Waals surface area contributed by atoms with Crippen molar-refractivity contribution in [3.63, 3.8) is 0 Å². The molecule has 1 aromatic carbocycles. The van der Waals surface area contributed by atoms with E-state index in [1.54, 1.807) is 11.9 Å². The standard InChI is InChI=1S/C15H23ClN2O/c1-4-7-12(17)10-15(19)18(3)11(2)13-8-5-6-9-14(13)16/h5-6,8-9,11-12H,4,7,10,17H2,1-3H3. The van der Waals surface area contributed by atoms with Crippen LogP contribution in [0.15, 0.2) is 24.3 Å². The molecule has 0 aromatic heterocycles. The number of hydrogen-bond donors (Lipinski definition) is 1. The molecule has 2 N–H and O–H groups in total. The number of nitrogens with two attached hydrogens (primary N) is 1. The first-order chi connectivity index (χ1) is 8.97. The van der Waals surface area contributed by atoms with Crippen LogP contribution in [0.1, 0.15) is 44.7 Å². The van der Waals surface area contributed by atoms with Crippen LogP contribution in [0.4, 0.5) is 0 Å². The fraction of sp³-hybridized carbons (Fsp3) is 0.533. The molecule has 0 fully saturated rings. The highest BCUT2D eigenvalue weighted by Gasteiger charge is 2.20. The average Bonchev–Trinajstić information content (AvgIpc) is 2.37. The number of benzene rings is 1. The van der Waals surface area contributed by atoms with Gasteiger partial charge < -0.3 is 10.6 Å². The van der Waals surface area contributed by atoms with E-state index in [9.17, 15) is 4.79 Å². The molecule has 0 spiro atoms. The summed E-state index contributed by atoms with van der Waals surface area (Å²) < 4.78 is 0. The molecule has 19 heavy (non-hydrogen) atoms. The molecule has 0 saturated carbocycles. The molecular weight excluding hydrogens is 260 g/mol. The maximum Gasteiger partial charge on any atom is 0.224 e. The molecule has 1 rings (SSSR count). The Hall–Kier alpha value is -1.06. The van der Waals surface area contributed by atoms with Gasteiger partial charge in [-0.2, -0.15) is 0 Å². The van der Waals surface area contributed by atoms with Crippen LogP contribution in [0.2, 0.25) is 5.02 Å². The normalized spacial score (nSPS) is 13.9. The van der Waals surface area contributed by atoms with Crippen molar-refractivity contribution in [3.8, 4) is 0 Å². The zero-order valence-corrected chi connectivity index (χ0v) is 12.7. The van der Waals surface area contributed by atoms with Gasteiger partial charge in [0, 0.05) is 24.5 Å². The lowest BCUT2D eigenvalue weighted by Crippen LogP contribution is -2.35. The average molecular weight is 283 g/mol. The summed E-state index contributed by atoms with van der Waals surface area (Å²) in [5.74, 6) is 0.0633. The fourth-order valence-corrected chi connectivity index (χ4v) is 2.37. The van der Waals surface area contributed by atoms with E-state index in [0.717, 1.165) is 18.4 Å². The molecule has 4 heteroatoms. The SMILES string of the molecule is CCCC(N)CC(=O)N(C)C(C)c1ccccc1Cl. The molecule has 0 aliphatic rings. The van der Waals surface area contributed by atoms with E-state index in [4.69, 9.17) is 17.3 Å². The molecule has 1 amide bonds. The Bertz CT molecular complexity index is 422. The number of hydrogen-bond acceptors (Lipinski definition) is 2. The molecule has 0 saturated heterocycles. The van der Waals surface area contributed by atoms with Crippen LogP contribution in [0.3, 0.4) is 0 Å². The topological polar surface area (TPSA) is 46.3 Å². The third-order valence-corrected chi connectivity index (χ3v) is 3.77. The van der Waals surface area contributed by atoms with E-state index < -0.39 is 0 Å². The minimum absolute atomic E-state index is 0.0463. The Morgan fingerprint density at radius 1 is 1.42 bits per heavy atom. The third-order valence-electron chi connectivity index (χ3n) is 3.43. The minimum atomic E-state index is -0.0570. The molecule has 0 bridgehead atoms. The van der Waals surface area contributed by atoms with E-state index in [2.05, 4.69) is 6.92 Å². The van der Waals surface area contributed by atoms with Gasteiger partial charge in [0.05, 0.1) is 6.04 Å².